The van der Waals surface area contributed by atoms with E-state index in [0.29, 0.717) is 48.4 Å². The monoisotopic (exact) mass is 445 g/mol. The Bertz CT molecular complexity index is 915. The number of amides is 1. The first-order valence-electron chi connectivity index (χ1n) is 9.56. The maximum atomic E-state index is 12.3. The number of rotatable bonds is 7. The van der Waals surface area contributed by atoms with E-state index in [2.05, 4.69) is 20.3 Å². The number of nitrogens with one attached hydrogen (secondary N) is 1. The summed E-state index contributed by atoms with van der Waals surface area (Å²) in [6, 6.07) is 5.25. The third-order valence-corrected chi connectivity index (χ3v) is 5.32. The first kappa shape index (κ1) is 20.9. The predicted molar refractivity (Wildman–Crippen MR) is 98.1 cm³/mol. The second kappa shape index (κ2) is 8.43. The molecule has 7 nitrogen and oxygen atoms in total. The van der Waals surface area contributed by atoms with Crippen LogP contribution in [0.25, 0.3) is 0 Å². The number of benzene rings is 1. The van der Waals surface area contributed by atoms with Crippen molar-refractivity contribution in [2.45, 2.75) is 56.6 Å². The number of aromatic nitrogens is 2. The van der Waals surface area contributed by atoms with E-state index in [0.717, 1.165) is 5.56 Å². The minimum Gasteiger partial charge on any atom is -0.480 e. The number of ether oxygens (including phenoxy) is 2. The van der Waals surface area contributed by atoms with Gasteiger partial charge in [-0.15, -0.1) is 23.4 Å². The molecule has 1 unspecified atom stereocenters. The van der Waals surface area contributed by atoms with E-state index in [1.54, 1.807) is 18.2 Å². The van der Waals surface area contributed by atoms with Crippen LogP contribution in [-0.4, -0.2) is 41.2 Å². The molecular formula is C19H19ClF3N3O4. The van der Waals surface area contributed by atoms with E-state index >= 15 is 0 Å². The fraction of sp³-hybridized carbons (Fsp3) is 0.526. The van der Waals surface area contributed by atoms with Crippen LogP contribution < -0.4 is 10.1 Å². The van der Waals surface area contributed by atoms with Crippen molar-refractivity contribution in [3.05, 3.63) is 40.6 Å². The minimum absolute atomic E-state index is 0.201. The molecule has 4 rings (SSSR count). The first-order chi connectivity index (χ1) is 14.3. The maximum absolute atomic E-state index is 12.3. The Morgan fingerprint density at radius 2 is 2.10 bits per heavy atom. The van der Waals surface area contributed by atoms with Gasteiger partial charge in [0.15, 0.2) is 6.10 Å². The van der Waals surface area contributed by atoms with Crippen molar-refractivity contribution in [2.24, 2.45) is 0 Å². The second-order valence-electron chi connectivity index (χ2n) is 7.35. The topological polar surface area (TPSA) is 86.5 Å². The van der Waals surface area contributed by atoms with Gasteiger partial charge in [-0.2, -0.15) is 0 Å². The van der Waals surface area contributed by atoms with Crippen molar-refractivity contribution < 1.29 is 31.9 Å². The molecule has 1 aromatic carbocycles. The molecule has 0 spiro atoms. The van der Waals surface area contributed by atoms with Gasteiger partial charge in [-0.3, -0.25) is 9.53 Å². The van der Waals surface area contributed by atoms with Gasteiger partial charge in [0, 0.05) is 30.3 Å². The van der Waals surface area contributed by atoms with Gasteiger partial charge in [-0.25, -0.2) is 0 Å². The molecule has 30 heavy (non-hydrogen) atoms. The largest absolute Gasteiger partial charge is 0.522 e. The third kappa shape index (κ3) is 5.04. The fourth-order valence-corrected chi connectivity index (χ4v) is 3.71. The minimum atomic E-state index is -4.63. The van der Waals surface area contributed by atoms with Crippen molar-refractivity contribution in [2.75, 3.05) is 6.54 Å². The molecule has 1 aliphatic carbocycles. The second-order valence-corrected chi connectivity index (χ2v) is 7.78. The van der Waals surface area contributed by atoms with Crippen LogP contribution in [0.1, 0.15) is 42.5 Å². The molecule has 1 N–H and O–H groups in total. The van der Waals surface area contributed by atoms with Crippen LogP contribution in [0.15, 0.2) is 22.6 Å². The molecule has 162 valence electrons. The zero-order chi connectivity index (χ0) is 21.3. The number of nitrogens with zero attached hydrogens (tertiary/aromatic N) is 2. The van der Waals surface area contributed by atoms with E-state index in [-0.39, 0.29) is 24.7 Å². The summed E-state index contributed by atoms with van der Waals surface area (Å²) >= 11 is 5.95. The molecule has 0 radical (unpaired) electrons. The maximum Gasteiger partial charge on any atom is 0.522 e. The van der Waals surface area contributed by atoms with Gasteiger partial charge >= 0.3 is 6.36 Å². The summed E-state index contributed by atoms with van der Waals surface area (Å²) in [6.45, 7) is 0.401. The summed E-state index contributed by atoms with van der Waals surface area (Å²) in [4.78, 5) is 12.3. The third-order valence-electron chi connectivity index (χ3n) is 5.08. The number of carbonyl (C=O) groups is 1. The van der Waals surface area contributed by atoms with Crippen LogP contribution >= 0.6 is 11.6 Å². The highest BCUT2D eigenvalue weighted by Crippen LogP contribution is 2.40. The molecule has 0 saturated heterocycles. The highest BCUT2D eigenvalue weighted by Gasteiger charge is 2.42. The molecule has 1 fully saturated rings. The molecular weight excluding hydrogens is 427 g/mol. The molecule has 1 saturated carbocycles. The van der Waals surface area contributed by atoms with Crippen LogP contribution in [0.3, 0.4) is 0 Å². The van der Waals surface area contributed by atoms with Crippen LogP contribution in [0.5, 0.6) is 5.75 Å². The fourth-order valence-electron chi connectivity index (χ4n) is 3.51. The number of aryl methyl sites for hydroxylation is 1. The Kier molecular flexibility index (Phi) is 5.88. The van der Waals surface area contributed by atoms with E-state index in [4.69, 9.17) is 20.8 Å². The zero-order valence-corrected chi connectivity index (χ0v) is 16.5. The smallest absolute Gasteiger partial charge is 0.480 e. The average molecular weight is 446 g/mol. The molecule has 1 amide bonds. The summed E-state index contributed by atoms with van der Waals surface area (Å²) in [6.07, 6.45) is -4.18. The van der Waals surface area contributed by atoms with Gasteiger partial charge in [-0.05, 0) is 43.0 Å². The summed E-state index contributed by atoms with van der Waals surface area (Å²) in [5.74, 6) is 0.953. The Labute approximate surface area is 174 Å². The summed E-state index contributed by atoms with van der Waals surface area (Å²) in [7, 11) is 0. The zero-order valence-electron chi connectivity index (χ0n) is 15.7. The van der Waals surface area contributed by atoms with E-state index in [9.17, 15) is 18.0 Å². The van der Waals surface area contributed by atoms with Gasteiger partial charge in [0.25, 0.3) is 5.91 Å². The van der Waals surface area contributed by atoms with Crippen LogP contribution in [-0.2, 0) is 22.4 Å². The summed E-state index contributed by atoms with van der Waals surface area (Å²) < 4.78 is 51.6. The van der Waals surface area contributed by atoms with Gasteiger partial charge in [0.2, 0.25) is 11.8 Å². The highest BCUT2D eigenvalue weighted by molar-refractivity contribution is 6.30. The standard InChI is InChI=1S/C19H19ClF3N3O4/c20-12-3-4-14-10(6-12)9-15(28-14)17(27)24-5-1-2-16-25-26-18(29-16)11-7-13(8-11)30-19(21,22)23/h3-4,6,11,13,15H,1-2,5,7-9H2,(H,24,27). The van der Waals surface area contributed by atoms with E-state index < -0.39 is 18.6 Å². The molecule has 11 heteroatoms. The number of halogens is 4. The normalized spacial score (nSPS) is 22.9. The average Bonchev–Trinajstić information content (AvgIpc) is 3.27. The Morgan fingerprint density at radius 3 is 2.87 bits per heavy atom. The van der Waals surface area contributed by atoms with Crippen molar-refractivity contribution >= 4 is 17.5 Å². The van der Waals surface area contributed by atoms with Crippen molar-refractivity contribution in [3.8, 4) is 5.75 Å². The van der Waals surface area contributed by atoms with E-state index in [1.165, 1.54) is 0 Å². The number of fused-ring (bicyclic) bond motifs is 1. The van der Waals surface area contributed by atoms with Gasteiger partial charge in [0.05, 0.1) is 6.10 Å². The Hall–Kier alpha value is -2.33. The first-order valence-corrected chi connectivity index (χ1v) is 9.94. The number of alkyl halides is 3. The van der Waals surface area contributed by atoms with Gasteiger partial charge in [0.1, 0.15) is 5.75 Å². The number of hydrogen-bond donors (Lipinski definition) is 1. The number of hydrogen-bond acceptors (Lipinski definition) is 6. The lowest BCUT2D eigenvalue weighted by atomic mass is 9.82. The van der Waals surface area contributed by atoms with Crippen LogP contribution in [0.2, 0.25) is 5.02 Å². The van der Waals surface area contributed by atoms with Crippen molar-refractivity contribution in [1.82, 2.24) is 15.5 Å². The van der Waals surface area contributed by atoms with Crippen molar-refractivity contribution in [1.29, 1.82) is 0 Å². The predicted octanol–water partition coefficient (Wildman–Crippen LogP) is 3.56. The SMILES string of the molecule is O=C(NCCCc1nnc(C2CC(OC(F)(F)F)C2)o1)C1Cc2cc(Cl)ccc2O1. The molecule has 1 aromatic heterocycles. The molecule has 2 heterocycles. The molecule has 1 aliphatic heterocycles. The lowest BCUT2D eigenvalue weighted by Gasteiger charge is -2.32. The summed E-state index contributed by atoms with van der Waals surface area (Å²) in [5.41, 5.74) is 0.903. The molecule has 0 bridgehead atoms. The Morgan fingerprint density at radius 1 is 1.30 bits per heavy atom. The quantitative estimate of drug-likeness (QED) is 0.656. The number of carbonyl (C=O) groups excluding carboxylic acids is 1. The highest BCUT2D eigenvalue weighted by atomic mass is 35.5. The van der Waals surface area contributed by atoms with Gasteiger partial charge < -0.3 is 14.5 Å². The van der Waals surface area contributed by atoms with Gasteiger partial charge in [-0.1, -0.05) is 11.6 Å². The van der Waals surface area contributed by atoms with Crippen LogP contribution in [0, 0.1) is 0 Å². The van der Waals surface area contributed by atoms with Crippen LogP contribution in [0.4, 0.5) is 13.2 Å². The lowest BCUT2D eigenvalue weighted by Crippen LogP contribution is -2.38. The molecule has 1 atom stereocenters. The Balaban J connectivity index is 1.15. The van der Waals surface area contributed by atoms with Crippen molar-refractivity contribution in [3.63, 3.8) is 0 Å². The molecule has 2 aromatic rings. The van der Waals surface area contributed by atoms with E-state index in [1.807, 2.05) is 0 Å². The summed E-state index contributed by atoms with van der Waals surface area (Å²) in [5, 5.41) is 11.2. The lowest BCUT2D eigenvalue weighted by molar-refractivity contribution is -0.352. The molecule has 2 aliphatic rings.